The van der Waals surface area contributed by atoms with Crippen molar-refractivity contribution < 1.29 is 9.59 Å². The van der Waals surface area contributed by atoms with Crippen LogP contribution in [0.4, 0.5) is 4.79 Å². The summed E-state index contributed by atoms with van der Waals surface area (Å²) in [5.74, 6) is -0.339. The summed E-state index contributed by atoms with van der Waals surface area (Å²) in [5, 5.41) is 7.97. The molecule has 3 aromatic rings. The summed E-state index contributed by atoms with van der Waals surface area (Å²) in [6, 6.07) is 14.1. The number of rotatable bonds is 4. The second-order valence-corrected chi connectivity index (χ2v) is 8.40. The molecule has 1 atom stereocenters. The summed E-state index contributed by atoms with van der Waals surface area (Å²) in [4.78, 5) is 26.9. The summed E-state index contributed by atoms with van der Waals surface area (Å²) in [7, 11) is 0. The van der Waals surface area contributed by atoms with Crippen LogP contribution in [-0.4, -0.2) is 26.6 Å². The first-order valence-corrected chi connectivity index (χ1v) is 10.2. The fourth-order valence-electron chi connectivity index (χ4n) is 3.66. The number of urea groups is 1. The van der Waals surface area contributed by atoms with Gasteiger partial charge in [0.25, 0.3) is 5.91 Å². The molecule has 1 N–H and O–H groups in total. The molecule has 2 heterocycles. The molecule has 2 aromatic carbocycles. The Hall–Kier alpha value is -2.83. The first-order valence-electron chi connectivity index (χ1n) is 9.41. The highest BCUT2D eigenvalue weighted by molar-refractivity contribution is 6.42. The van der Waals surface area contributed by atoms with E-state index in [2.05, 4.69) is 10.4 Å². The van der Waals surface area contributed by atoms with Crippen LogP contribution >= 0.6 is 23.2 Å². The van der Waals surface area contributed by atoms with Crippen molar-refractivity contribution in [3.63, 3.8) is 0 Å². The number of hydrogen-bond donors (Lipinski definition) is 1. The summed E-state index contributed by atoms with van der Waals surface area (Å²) in [6.45, 7) is 5.77. The third kappa shape index (κ3) is 3.46. The highest BCUT2D eigenvalue weighted by Gasteiger charge is 2.49. The minimum Gasteiger partial charge on any atom is -0.319 e. The molecule has 30 heavy (non-hydrogen) atoms. The van der Waals surface area contributed by atoms with Gasteiger partial charge in [0.1, 0.15) is 5.54 Å². The van der Waals surface area contributed by atoms with Crippen LogP contribution in [0, 0.1) is 13.8 Å². The number of aromatic nitrogens is 2. The standard InChI is InChI=1S/C22H20Cl2N4O2/c1-13-10-14(2)28(26-13)17-7-4-15(5-8-17)12-27-20(29)22(3,25-21(27)30)16-6-9-18(23)19(24)11-16/h4-11H,12H2,1-3H3,(H,25,30). The number of carbonyl (C=O) groups is 2. The van der Waals surface area contributed by atoms with Gasteiger partial charge in [0.15, 0.2) is 0 Å². The first kappa shape index (κ1) is 20.4. The average Bonchev–Trinajstić information content (AvgIpc) is 3.15. The molecule has 0 spiro atoms. The lowest BCUT2D eigenvalue weighted by molar-refractivity contribution is -0.131. The summed E-state index contributed by atoms with van der Waals surface area (Å²) in [6.07, 6.45) is 0. The Labute approximate surface area is 184 Å². The van der Waals surface area contributed by atoms with Gasteiger partial charge in [0, 0.05) is 5.69 Å². The van der Waals surface area contributed by atoms with E-state index in [0.29, 0.717) is 15.6 Å². The van der Waals surface area contributed by atoms with Crippen LogP contribution in [-0.2, 0) is 16.9 Å². The monoisotopic (exact) mass is 442 g/mol. The minimum absolute atomic E-state index is 0.166. The van der Waals surface area contributed by atoms with Crippen LogP contribution in [0.1, 0.15) is 29.4 Å². The maximum atomic E-state index is 13.1. The van der Waals surface area contributed by atoms with Gasteiger partial charge < -0.3 is 5.32 Å². The molecule has 4 rings (SSSR count). The lowest BCUT2D eigenvalue weighted by Gasteiger charge is -2.22. The Bertz CT molecular complexity index is 1160. The van der Waals surface area contributed by atoms with E-state index in [-0.39, 0.29) is 12.5 Å². The van der Waals surface area contributed by atoms with Crippen LogP contribution in [0.3, 0.4) is 0 Å². The van der Waals surface area contributed by atoms with Gasteiger partial charge in [0.05, 0.1) is 28.0 Å². The average molecular weight is 443 g/mol. The number of hydrogen-bond acceptors (Lipinski definition) is 3. The normalized spacial score (nSPS) is 18.8. The van der Waals surface area contributed by atoms with Crippen molar-refractivity contribution in [1.82, 2.24) is 20.0 Å². The molecule has 1 saturated heterocycles. The number of nitrogens with one attached hydrogen (secondary N) is 1. The molecule has 154 valence electrons. The first-order chi connectivity index (χ1) is 14.2. The van der Waals surface area contributed by atoms with Gasteiger partial charge in [0.2, 0.25) is 0 Å². The molecule has 0 aliphatic carbocycles. The van der Waals surface area contributed by atoms with E-state index in [0.717, 1.165) is 22.6 Å². The van der Waals surface area contributed by atoms with Crippen LogP contribution in [0.5, 0.6) is 0 Å². The molecule has 1 aliphatic rings. The molecular weight excluding hydrogens is 423 g/mol. The fraction of sp³-hybridized carbons (Fsp3) is 0.227. The minimum atomic E-state index is -1.20. The largest absolute Gasteiger partial charge is 0.325 e. The molecule has 6 nitrogen and oxygen atoms in total. The molecule has 0 radical (unpaired) electrons. The van der Waals surface area contributed by atoms with E-state index in [4.69, 9.17) is 23.2 Å². The Morgan fingerprint density at radius 2 is 1.70 bits per heavy atom. The van der Waals surface area contributed by atoms with Gasteiger partial charge in [-0.15, -0.1) is 0 Å². The van der Waals surface area contributed by atoms with Crippen LogP contribution < -0.4 is 5.32 Å². The third-order valence-corrected chi connectivity index (χ3v) is 6.04. The number of imide groups is 1. The van der Waals surface area contributed by atoms with Gasteiger partial charge in [-0.05, 0) is 62.2 Å². The Balaban J connectivity index is 1.56. The highest BCUT2D eigenvalue weighted by atomic mass is 35.5. The zero-order valence-electron chi connectivity index (χ0n) is 16.7. The molecule has 0 bridgehead atoms. The lowest BCUT2D eigenvalue weighted by atomic mass is 9.92. The molecule has 1 aromatic heterocycles. The quantitative estimate of drug-likeness (QED) is 0.591. The lowest BCUT2D eigenvalue weighted by Crippen LogP contribution is -2.40. The molecule has 8 heteroatoms. The zero-order chi connectivity index (χ0) is 21.6. The van der Waals surface area contributed by atoms with Crippen molar-refractivity contribution in [3.05, 3.63) is 81.1 Å². The van der Waals surface area contributed by atoms with E-state index in [1.54, 1.807) is 25.1 Å². The van der Waals surface area contributed by atoms with Crippen molar-refractivity contribution in [3.8, 4) is 5.69 Å². The van der Waals surface area contributed by atoms with E-state index in [1.165, 1.54) is 4.90 Å². The number of nitrogens with zero attached hydrogens (tertiary/aromatic N) is 3. The SMILES string of the molecule is Cc1cc(C)n(-c2ccc(CN3C(=O)NC(C)(c4ccc(Cl)c(Cl)c4)C3=O)cc2)n1. The van der Waals surface area contributed by atoms with Gasteiger partial charge in [-0.2, -0.15) is 5.10 Å². The molecule has 3 amide bonds. The maximum absolute atomic E-state index is 13.1. The smallest absolute Gasteiger partial charge is 0.319 e. The van der Waals surface area contributed by atoms with Crippen molar-refractivity contribution in [2.75, 3.05) is 0 Å². The van der Waals surface area contributed by atoms with Crippen molar-refractivity contribution in [1.29, 1.82) is 0 Å². The van der Waals surface area contributed by atoms with E-state index < -0.39 is 11.6 Å². The number of benzene rings is 2. The number of aryl methyl sites for hydroxylation is 2. The van der Waals surface area contributed by atoms with Crippen molar-refractivity contribution in [2.45, 2.75) is 32.9 Å². The third-order valence-electron chi connectivity index (χ3n) is 5.30. The van der Waals surface area contributed by atoms with Crippen molar-refractivity contribution >= 4 is 35.1 Å². The predicted molar refractivity (Wildman–Crippen MR) is 116 cm³/mol. The Morgan fingerprint density at radius 3 is 2.30 bits per heavy atom. The van der Waals surface area contributed by atoms with Crippen LogP contribution in [0.2, 0.25) is 10.0 Å². The maximum Gasteiger partial charge on any atom is 0.325 e. The van der Waals surface area contributed by atoms with Crippen LogP contribution in [0.15, 0.2) is 48.5 Å². The highest BCUT2D eigenvalue weighted by Crippen LogP contribution is 2.33. The number of carbonyl (C=O) groups excluding carboxylic acids is 2. The molecular formula is C22H20Cl2N4O2. The number of halogens is 2. The summed E-state index contributed by atoms with van der Waals surface area (Å²) >= 11 is 12.1. The second kappa shape index (κ2) is 7.45. The van der Waals surface area contributed by atoms with E-state index >= 15 is 0 Å². The zero-order valence-corrected chi connectivity index (χ0v) is 18.3. The predicted octanol–water partition coefficient (Wildman–Crippen LogP) is 4.76. The van der Waals surface area contributed by atoms with Gasteiger partial charge >= 0.3 is 6.03 Å². The second-order valence-electron chi connectivity index (χ2n) is 7.58. The number of amides is 3. The van der Waals surface area contributed by atoms with Gasteiger partial charge in [-0.3, -0.25) is 9.69 Å². The molecule has 1 unspecified atom stereocenters. The Kier molecular flexibility index (Phi) is 5.08. The Morgan fingerprint density at radius 1 is 1.00 bits per heavy atom. The van der Waals surface area contributed by atoms with Crippen molar-refractivity contribution in [2.24, 2.45) is 0 Å². The topological polar surface area (TPSA) is 67.2 Å². The van der Waals surface area contributed by atoms with Gasteiger partial charge in [-0.25, -0.2) is 9.48 Å². The molecule has 0 saturated carbocycles. The summed E-state index contributed by atoms with van der Waals surface area (Å²) in [5.41, 5.74) is 3.11. The van der Waals surface area contributed by atoms with E-state index in [9.17, 15) is 9.59 Å². The molecule has 1 fully saturated rings. The van der Waals surface area contributed by atoms with Crippen LogP contribution in [0.25, 0.3) is 5.69 Å². The molecule has 1 aliphatic heterocycles. The van der Waals surface area contributed by atoms with Gasteiger partial charge in [-0.1, -0.05) is 41.4 Å². The fourth-order valence-corrected chi connectivity index (χ4v) is 3.96. The summed E-state index contributed by atoms with van der Waals surface area (Å²) < 4.78 is 1.86. The van der Waals surface area contributed by atoms with E-state index in [1.807, 2.05) is 48.9 Å².